The Bertz CT molecular complexity index is 367. The molecule has 0 bridgehead atoms. The molecular weight excluding hydrogens is 210 g/mol. The maximum atomic E-state index is 9.93. The number of phenolic OH excluding ortho intramolecular Hbond substituents is 1. The Kier molecular flexibility index (Phi) is 3.93. The molecule has 1 aliphatic rings. The van der Waals surface area contributed by atoms with E-state index in [4.69, 9.17) is 0 Å². The highest BCUT2D eigenvalue weighted by molar-refractivity contribution is 5.51. The van der Waals surface area contributed by atoms with Gasteiger partial charge in [0.25, 0.3) is 0 Å². The first-order valence-electron chi connectivity index (χ1n) is 6.66. The van der Waals surface area contributed by atoms with Crippen molar-refractivity contribution in [3.8, 4) is 5.75 Å². The summed E-state index contributed by atoms with van der Waals surface area (Å²) >= 11 is 0. The molecule has 17 heavy (non-hydrogen) atoms. The third kappa shape index (κ3) is 3.15. The monoisotopic (exact) mass is 233 g/mol. The van der Waals surface area contributed by atoms with Crippen molar-refractivity contribution in [2.45, 2.75) is 38.5 Å². The fraction of sp³-hybridized carbons (Fsp3) is 0.600. The van der Waals surface area contributed by atoms with E-state index in [1.165, 1.54) is 37.8 Å². The van der Waals surface area contributed by atoms with Crippen molar-refractivity contribution >= 4 is 5.69 Å². The van der Waals surface area contributed by atoms with E-state index < -0.39 is 0 Å². The zero-order chi connectivity index (χ0) is 12.3. The summed E-state index contributed by atoms with van der Waals surface area (Å²) in [6, 6.07) is 5.93. The van der Waals surface area contributed by atoms with Crippen LogP contribution in [-0.4, -0.2) is 19.2 Å². The van der Waals surface area contributed by atoms with Crippen LogP contribution in [0.15, 0.2) is 18.2 Å². The molecule has 1 fully saturated rings. The lowest BCUT2D eigenvalue weighted by molar-refractivity contribution is 0.351. The normalized spacial score (nSPS) is 17.1. The Morgan fingerprint density at radius 3 is 2.53 bits per heavy atom. The van der Waals surface area contributed by atoms with Crippen LogP contribution in [0, 0.1) is 5.92 Å². The number of benzene rings is 1. The van der Waals surface area contributed by atoms with E-state index in [1.54, 1.807) is 0 Å². The van der Waals surface area contributed by atoms with Crippen LogP contribution in [-0.2, 0) is 6.42 Å². The smallest absolute Gasteiger partial charge is 0.118 e. The molecule has 1 aliphatic carbocycles. The van der Waals surface area contributed by atoms with Crippen molar-refractivity contribution in [3.63, 3.8) is 0 Å². The van der Waals surface area contributed by atoms with E-state index in [0.717, 1.165) is 17.9 Å². The molecule has 2 heteroatoms. The Morgan fingerprint density at radius 1 is 1.18 bits per heavy atom. The first-order chi connectivity index (χ1) is 8.16. The number of anilines is 1. The second kappa shape index (κ2) is 5.44. The summed E-state index contributed by atoms with van der Waals surface area (Å²) in [5.41, 5.74) is 2.29. The summed E-state index contributed by atoms with van der Waals surface area (Å²) in [6.45, 7) is 0. The van der Waals surface area contributed by atoms with Crippen molar-refractivity contribution in [1.82, 2.24) is 0 Å². The molecule has 94 valence electrons. The first kappa shape index (κ1) is 12.3. The molecule has 2 rings (SSSR count). The molecule has 1 aromatic carbocycles. The van der Waals surface area contributed by atoms with Crippen LogP contribution in [0.25, 0.3) is 0 Å². The lowest BCUT2D eigenvalue weighted by atomic mass is 9.84. The number of nitrogens with zero attached hydrogens (tertiary/aromatic N) is 1. The van der Waals surface area contributed by atoms with Crippen molar-refractivity contribution in [1.29, 1.82) is 0 Å². The molecule has 0 atom stereocenters. The second-order valence-corrected chi connectivity index (χ2v) is 5.42. The topological polar surface area (TPSA) is 23.5 Å². The molecule has 0 spiro atoms. The minimum Gasteiger partial charge on any atom is -0.508 e. The zero-order valence-electron chi connectivity index (χ0n) is 10.9. The predicted octanol–water partition coefficient (Wildman–Crippen LogP) is 3.58. The standard InChI is InChI=1S/C15H23NO/c1-16(2)14-8-9-15(17)13(11-14)10-12-6-4-3-5-7-12/h8-9,11-12,17H,3-7,10H2,1-2H3. The van der Waals surface area contributed by atoms with Gasteiger partial charge >= 0.3 is 0 Å². The molecule has 0 saturated heterocycles. The van der Waals surface area contributed by atoms with Crippen LogP contribution in [0.5, 0.6) is 5.75 Å². The molecule has 0 unspecified atom stereocenters. The second-order valence-electron chi connectivity index (χ2n) is 5.42. The average molecular weight is 233 g/mol. The number of aromatic hydroxyl groups is 1. The maximum absolute atomic E-state index is 9.93. The summed E-state index contributed by atoms with van der Waals surface area (Å²) in [4.78, 5) is 2.09. The molecule has 0 heterocycles. The van der Waals surface area contributed by atoms with Gasteiger partial charge in [-0.1, -0.05) is 32.1 Å². The van der Waals surface area contributed by atoms with Crippen LogP contribution in [0.4, 0.5) is 5.69 Å². The van der Waals surface area contributed by atoms with E-state index in [-0.39, 0.29) is 0 Å². The minimum atomic E-state index is 0.459. The number of hydrogen-bond acceptors (Lipinski definition) is 2. The van der Waals surface area contributed by atoms with E-state index in [9.17, 15) is 5.11 Å². The van der Waals surface area contributed by atoms with Gasteiger partial charge < -0.3 is 10.0 Å². The number of rotatable bonds is 3. The lowest BCUT2D eigenvalue weighted by Gasteiger charge is -2.22. The van der Waals surface area contributed by atoms with Crippen molar-refractivity contribution in [3.05, 3.63) is 23.8 Å². The van der Waals surface area contributed by atoms with Gasteiger partial charge in [0.1, 0.15) is 5.75 Å². The van der Waals surface area contributed by atoms with Gasteiger partial charge in [-0.05, 0) is 36.1 Å². The maximum Gasteiger partial charge on any atom is 0.118 e. The Morgan fingerprint density at radius 2 is 1.88 bits per heavy atom. The molecule has 0 amide bonds. The largest absolute Gasteiger partial charge is 0.508 e. The van der Waals surface area contributed by atoms with Gasteiger partial charge in [0, 0.05) is 19.8 Å². The van der Waals surface area contributed by atoms with Gasteiger partial charge in [0.2, 0.25) is 0 Å². The summed E-state index contributed by atoms with van der Waals surface area (Å²) in [7, 11) is 4.08. The van der Waals surface area contributed by atoms with Crippen LogP contribution in [0.2, 0.25) is 0 Å². The minimum absolute atomic E-state index is 0.459. The highest BCUT2D eigenvalue weighted by atomic mass is 16.3. The molecule has 1 aromatic rings. The summed E-state index contributed by atoms with van der Waals surface area (Å²) in [5, 5.41) is 9.93. The molecule has 0 aliphatic heterocycles. The molecule has 2 nitrogen and oxygen atoms in total. The van der Waals surface area contributed by atoms with Crippen LogP contribution < -0.4 is 4.90 Å². The summed E-state index contributed by atoms with van der Waals surface area (Å²) in [6.07, 6.45) is 7.79. The third-order valence-corrected chi connectivity index (χ3v) is 3.81. The van der Waals surface area contributed by atoms with Gasteiger partial charge in [-0.25, -0.2) is 0 Å². The SMILES string of the molecule is CN(C)c1ccc(O)c(CC2CCCCC2)c1. The molecule has 1 N–H and O–H groups in total. The van der Waals surface area contributed by atoms with Crippen LogP contribution >= 0.6 is 0 Å². The van der Waals surface area contributed by atoms with Gasteiger partial charge in [-0.3, -0.25) is 0 Å². The van der Waals surface area contributed by atoms with Crippen LogP contribution in [0.1, 0.15) is 37.7 Å². The Balaban J connectivity index is 2.10. The van der Waals surface area contributed by atoms with E-state index in [1.807, 2.05) is 26.2 Å². The number of hydrogen-bond donors (Lipinski definition) is 1. The molecule has 0 radical (unpaired) electrons. The molecule has 1 saturated carbocycles. The third-order valence-electron chi connectivity index (χ3n) is 3.81. The van der Waals surface area contributed by atoms with Gasteiger partial charge in [0.05, 0.1) is 0 Å². The Labute approximate surface area is 104 Å². The fourth-order valence-corrected chi connectivity index (χ4v) is 2.72. The molecule has 0 aromatic heterocycles. The fourth-order valence-electron chi connectivity index (χ4n) is 2.72. The van der Waals surface area contributed by atoms with Crippen molar-refractivity contribution in [2.75, 3.05) is 19.0 Å². The lowest BCUT2D eigenvalue weighted by Crippen LogP contribution is -2.11. The van der Waals surface area contributed by atoms with E-state index >= 15 is 0 Å². The van der Waals surface area contributed by atoms with Gasteiger partial charge in [-0.2, -0.15) is 0 Å². The summed E-state index contributed by atoms with van der Waals surface area (Å²) in [5.74, 6) is 1.23. The van der Waals surface area contributed by atoms with Crippen molar-refractivity contribution < 1.29 is 5.11 Å². The zero-order valence-corrected chi connectivity index (χ0v) is 10.9. The van der Waals surface area contributed by atoms with Crippen molar-refractivity contribution in [2.24, 2.45) is 5.92 Å². The summed E-state index contributed by atoms with van der Waals surface area (Å²) < 4.78 is 0. The van der Waals surface area contributed by atoms with E-state index in [0.29, 0.717) is 5.75 Å². The number of phenols is 1. The Hall–Kier alpha value is -1.18. The van der Waals surface area contributed by atoms with E-state index in [2.05, 4.69) is 11.0 Å². The van der Waals surface area contributed by atoms with Gasteiger partial charge in [0.15, 0.2) is 0 Å². The average Bonchev–Trinajstić information content (AvgIpc) is 2.33. The highest BCUT2D eigenvalue weighted by Crippen LogP contribution is 2.31. The van der Waals surface area contributed by atoms with Crippen LogP contribution in [0.3, 0.4) is 0 Å². The first-order valence-corrected chi connectivity index (χ1v) is 6.66. The highest BCUT2D eigenvalue weighted by Gasteiger charge is 2.16. The molecular formula is C15H23NO. The van der Waals surface area contributed by atoms with Gasteiger partial charge in [-0.15, -0.1) is 0 Å². The quantitative estimate of drug-likeness (QED) is 0.862. The predicted molar refractivity (Wildman–Crippen MR) is 72.7 cm³/mol.